The van der Waals surface area contributed by atoms with Gasteiger partial charge in [0.05, 0.1) is 18.1 Å². The first-order valence-electron chi connectivity index (χ1n) is 15.9. The van der Waals surface area contributed by atoms with E-state index in [-0.39, 0.29) is 50.2 Å². The number of carbonyl (C=O) groups excluding carboxylic acids is 3. The average Bonchev–Trinajstić information content (AvgIpc) is 3.39. The molecule has 1 spiro atoms. The molecule has 264 valence electrons. The quantitative estimate of drug-likeness (QED) is 0.0643. The minimum atomic E-state index is -1.33. The number of ether oxygens (including phenoxy) is 3. The normalized spacial score (nSPS) is 24.8. The number of aliphatic carboxylic acids is 1. The second kappa shape index (κ2) is 14.7. The van der Waals surface area contributed by atoms with Crippen molar-refractivity contribution < 1.29 is 43.6 Å². The maximum Gasteiger partial charge on any atom is 0.414 e. The third-order valence-corrected chi connectivity index (χ3v) is 9.75. The van der Waals surface area contributed by atoms with Crippen LogP contribution in [-0.4, -0.2) is 121 Å². The standard InChI is InChI=1S/C32H47N7O9/c1-18-8-9-21(46-5)26-25(18)31-12-15-38(3)19(2)32(31,45)11-10-22(27(31)48-26)47-30(44)39(4)16-14-35-28(43)20(7-6-13-36-29(33)34)37-23(40)17-24(41)42/h8-10,19-20,27,45H,6-7,11-17H2,1-5H3,(H,35,43)(H,37,40)(H,41,42)(H4,33,34,36)/t19-,20-,27+,31+,32-/m0/s1. The third-order valence-electron chi connectivity index (χ3n) is 9.75. The number of aryl methyl sites for hydroxylation is 1. The molecular formula is C32H47N7O9. The number of hydrogen-bond donors (Lipinski definition) is 7. The predicted octanol–water partition coefficient (Wildman–Crippen LogP) is 0.152. The Balaban J connectivity index is 1.44. The molecular weight excluding hydrogens is 626 g/mol. The van der Waals surface area contributed by atoms with E-state index < -0.39 is 53.5 Å². The highest BCUT2D eigenvalue weighted by Gasteiger charge is 2.69. The Labute approximate surface area is 279 Å². The first-order valence-corrected chi connectivity index (χ1v) is 15.9. The summed E-state index contributed by atoms with van der Waals surface area (Å²) in [5.41, 5.74) is 4.95. The topological polar surface area (TPSA) is 229 Å². The molecule has 0 unspecified atom stereocenters. The van der Waals surface area contributed by atoms with Crippen LogP contribution in [0.4, 0.5) is 4.79 Å². The van der Waals surface area contributed by atoms with Crippen molar-refractivity contribution >= 4 is 29.8 Å². The minimum Gasteiger partial charge on any atom is -0.493 e. The van der Waals surface area contributed by atoms with Crippen molar-refractivity contribution in [3.05, 3.63) is 35.1 Å². The molecule has 2 aliphatic heterocycles. The lowest BCUT2D eigenvalue weighted by Gasteiger charge is -2.58. The van der Waals surface area contributed by atoms with Gasteiger partial charge in [0, 0.05) is 44.7 Å². The Kier molecular flexibility index (Phi) is 11.1. The van der Waals surface area contributed by atoms with Crippen LogP contribution in [0.25, 0.3) is 0 Å². The fourth-order valence-corrected chi connectivity index (χ4v) is 7.08. The van der Waals surface area contributed by atoms with Gasteiger partial charge in [-0.1, -0.05) is 6.07 Å². The molecule has 1 aliphatic carbocycles. The molecule has 5 atom stereocenters. The van der Waals surface area contributed by atoms with Crippen LogP contribution in [0.2, 0.25) is 0 Å². The summed E-state index contributed by atoms with van der Waals surface area (Å²) in [6, 6.07) is 2.50. The number of amides is 3. The summed E-state index contributed by atoms with van der Waals surface area (Å²) >= 11 is 0. The molecule has 1 fully saturated rings. The Morgan fingerprint density at radius 3 is 2.65 bits per heavy atom. The number of methoxy groups -OCH3 is 1. The maximum atomic E-state index is 13.4. The van der Waals surface area contributed by atoms with Crippen molar-refractivity contribution in [1.29, 1.82) is 5.41 Å². The molecule has 1 aromatic rings. The number of rotatable bonds is 13. The van der Waals surface area contributed by atoms with Gasteiger partial charge in [0.15, 0.2) is 23.6 Å². The van der Waals surface area contributed by atoms with E-state index in [0.717, 1.165) is 11.1 Å². The highest BCUT2D eigenvalue weighted by Crippen LogP contribution is 2.62. The number of piperidine rings is 1. The van der Waals surface area contributed by atoms with E-state index in [0.29, 0.717) is 30.9 Å². The zero-order valence-electron chi connectivity index (χ0n) is 28.1. The third kappa shape index (κ3) is 6.99. The van der Waals surface area contributed by atoms with Gasteiger partial charge in [-0.25, -0.2) is 4.79 Å². The number of carboxylic acid groups (broad SMARTS) is 1. The maximum absolute atomic E-state index is 13.4. The van der Waals surface area contributed by atoms with Gasteiger partial charge in [-0.15, -0.1) is 0 Å². The smallest absolute Gasteiger partial charge is 0.414 e. The number of nitrogens with zero attached hydrogens (tertiary/aromatic N) is 2. The zero-order valence-corrected chi connectivity index (χ0v) is 28.1. The lowest BCUT2D eigenvalue weighted by molar-refractivity contribution is -0.153. The van der Waals surface area contributed by atoms with Crippen molar-refractivity contribution in [3.8, 4) is 11.5 Å². The number of aliphatic hydroxyl groups is 1. The van der Waals surface area contributed by atoms with Crippen molar-refractivity contribution in [3.63, 3.8) is 0 Å². The summed E-state index contributed by atoms with van der Waals surface area (Å²) in [6.07, 6.45) is 0.734. The van der Waals surface area contributed by atoms with E-state index in [9.17, 15) is 24.3 Å². The highest BCUT2D eigenvalue weighted by molar-refractivity contribution is 5.96. The SMILES string of the molecule is COc1ccc(C)c2c1O[C@@H]1C(OC(=O)N(C)CCNC(=O)[C@H](CCCNC(=N)N)NC(=O)CC(=O)O)=CC[C@]3(O)[C@H](C)N(C)CC[C@@]213. The molecule has 16 heteroatoms. The molecule has 2 heterocycles. The molecule has 8 N–H and O–H groups in total. The number of fused-ring (bicyclic) bond motifs is 1. The molecule has 0 bridgehead atoms. The van der Waals surface area contributed by atoms with Crippen LogP contribution in [0.5, 0.6) is 11.5 Å². The van der Waals surface area contributed by atoms with Crippen LogP contribution in [0.1, 0.15) is 50.2 Å². The molecule has 3 amide bonds. The summed E-state index contributed by atoms with van der Waals surface area (Å²) in [5.74, 6) is -1.62. The van der Waals surface area contributed by atoms with Gasteiger partial charge >= 0.3 is 12.1 Å². The van der Waals surface area contributed by atoms with E-state index in [1.165, 1.54) is 11.9 Å². The number of likely N-dealkylation sites (tertiary alicyclic amines) is 1. The predicted molar refractivity (Wildman–Crippen MR) is 174 cm³/mol. The monoisotopic (exact) mass is 673 g/mol. The summed E-state index contributed by atoms with van der Waals surface area (Å²) in [4.78, 5) is 52.7. The number of carbonyl (C=O) groups is 4. The van der Waals surface area contributed by atoms with Gasteiger partial charge in [-0.05, 0) is 64.4 Å². The zero-order chi connectivity index (χ0) is 35.4. The van der Waals surface area contributed by atoms with Crippen LogP contribution < -0.4 is 31.2 Å². The van der Waals surface area contributed by atoms with Crippen molar-refractivity contribution in [2.75, 3.05) is 47.4 Å². The van der Waals surface area contributed by atoms with Gasteiger partial charge in [0.1, 0.15) is 18.2 Å². The van der Waals surface area contributed by atoms with Crippen LogP contribution in [-0.2, 0) is 24.5 Å². The Bertz CT molecular complexity index is 1470. The van der Waals surface area contributed by atoms with Crippen LogP contribution >= 0.6 is 0 Å². The lowest BCUT2D eigenvalue weighted by Crippen LogP contribution is -2.71. The molecule has 0 saturated carbocycles. The second-order valence-corrected chi connectivity index (χ2v) is 12.7. The molecule has 1 aromatic carbocycles. The van der Waals surface area contributed by atoms with Gasteiger partial charge in [0.2, 0.25) is 11.8 Å². The Morgan fingerprint density at radius 1 is 1.25 bits per heavy atom. The Hall–Kier alpha value is -4.57. The number of nitrogens with one attached hydrogen (secondary N) is 4. The minimum absolute atomic E-state index is 0.00970. The molecule has 1 saturated heterocycles. The number of carboxylic acids is 1. The van der Waals surface area contributed by atoms with Crippen molar-refractivity contribution in [2.45, 2.75) is 75.2 Å². The molecule has 0 radical (unpaired) electrons. The Morgan fingerprint density at radius 2 is 1.98 bits per heavy atom. The van der Waals surface area contributed by atoms with E-state index >= 15 is 0 Å². The number of hydrogen-bond acceptors (Lipinski definition) is 10. The lowest BCUT2D eigenvalue weighted by atomic mass is 9.54. The first-order chi connectivity index (χ1) is 22.7. The first kappa shape index (κ1) is 36.3. The molecule has 16 nitrogen and oxygen atoms in total. The van der Waals surface area contributed by atoms with E-state index in [1.54, 1.807) is 13.2 Å². The van der Waals surface area contributed by atoms with E-state index in [2.05, 4.69) is 20.9 Å². The van der Waals surface area contributed by atoms with Gasteiger partial charge in [0.25, 0.3) is 0 Å². The van der Waals surface area contributed by atoms with E-state index in [1.807, 2.05) is 33.0 Å². The summed E-state index contributed by atoms with van der Waals surface area (Å²) in [5, 5.41) is 36.3. The second-order valence-electron chi connectivity index (χ2n) is 12.7. The summed E-state index contributed by atoms with van der Waals surface area (Å²) in [6.45, 7) is 4.98. The fraction of sp³-hybridized carbons (Fsp3) is 0.594. The summed E-state index contributed by atoms with van der Waals surface area (Å²) in [7, 11) is 5.04. The summed E-state index contributed by atoms with van der Waals surface area (Å²) < 4.78 is 18.1. The van der Waals surface area contributed by atoms with Crippen molar-refractivity contribution in [2.24, 2.45) is 5.73 Å². The van der Waals surface area contributed by atoms with Crippen molar-refractivity contribution in [1.82, 2.24) is 25.8 Å². The molecule has 48 heavy (non-hydrogen) atoms. The molecule has 3 aliphatic rings. The van der Waals surface area contributed by atoms with E-state index in [4.69, 9.17) is 30.5 Å². The largest absolute Gasteiger partial charge is 0.493 e. The number of likely N-dealkylation sites (N-methyl/N-ethyl adjacent to an activating group) is 2. The average molecular weight is 674 g/mol. The fourth-order valence-electron chi connectivity index (χ4n) is 7.08. The highest BCUT2D eigenvalue weighted by atomic mass is 16.6. The van der Waals surface area contributed by atoms with Gasteiger partial charge < -0.3 is 55.9 Å². The molecule has 4 rings (SSSR count). The molecule has 0 aromatic heterocycles. The van der Waals surface area contributed by atoms with Crippen LogP contribution in [0.3, 0.4) is 0 Å². The van der Waals surface area contributed by atoms with Crippen LogP contribution in [0, 0.1) is 12.3 Å². The number of nitrogens with two attached hydrogens (primary N) is 1. The number of guanidine groups is 1. The van der Waals surface area contributed by atoms with Gasteiger partial charge in [-0.2, -0.15) is 0 Å². The van der Waals surface area contributed by atoms with Gasteiger partial charge in [-0.3, -0.25) is 19.8 Å². The van der Waals surface area contributed by atoms with Crippen LogP contribution in [0.15, 0.2) is 24.0 Å². The number of benzene rings is 1.